The van der Waals surface area contributed by atoms with E-state index in [-0.39, 0.29) is 16.7 Å². The summed E-state index contributed by atoms with van der Waals surface area (Å²) in [6.45, 7) is 7.53. The van der Waals surface area contributed by atoms with Gasteiger partial charge in [-0.3, -0.25) is 15.0 Å². The first-order valence-corrected chi connectivity index (χ1v) is 9.23. The van der Waals surface area contributed by atoms with E-state index in [1.54, 1.807) is 17.0 Å². The Hall–Kier alpha value is -2.35. The van der Waals surface area contributed by atoms with Gasteiger partial charge in [0, 0.05) is 63.1 Å². The molecule has 1 aromatic carbocycles. The first-order valence-electron chi connectivity index (χ1n) is 9.23. The number of carbonyl (C=O) groups excluding carboxylic acids is 1. The number of carbonyl (C=O) groups is 1. The van der Waals surface area contributed by atoms with E-state index in [9.17, 15) is 14.9 Å². The molecule has 0 unspecified atom stereocenters. The highest BCUT2D eigenvalue weighted by Gasteiger charge is 2.29. The number of amides is 1. The fourth-order valence-corrected chi connectivity index (χ4v) is 3.76. The lowest BCUT2D eigenvalue weighted by Gasteiger charge is -2.43. The van der Waals surface area contributed by atoms with Gasteiger partial charge in [-0.15, -0.1) is 0 Å². The summed E-state index contributed by atoms with van der Waals surface area (Å²) < 4.78 is 5.07. The van der Waals surface area contributed by atoms with Crippen LogP contribution in [0.25, 0.3) is 0 Å². The standard InChI is InChI=1S/C18H26N4O4/c1-2-26-18(23)21-9-7-16(8-10-21)20-13-11-19(12-14-20)15-3-5-17(6-4-15)22(24)25/h3-6,16H,2,7-14H2,1H3. The zero-order valence-electron chi connectivity index (χ0n) is 15.2. The van der Waals surface area contributed by atoms with Gasteiger partial charge >= 0.3 is 6.09 Å². The van der Waals surface area contributed by atoms with Crippen LogP contribution in [0.4, 0.5) is 16.2 Å². The molecule has 26 heavy (non-hydrogen) atoms. The van der Waals surface area contributed by atoms with Crippen molar-refractivity contribution >= 4 is 17.5 Å². The Morgan fingerprint density at radius 1 is 1.12 bits per heavy atom. The summed E-state index contributed by atoms with van der Waals surface area (Å²) in [6.07, 6.45) is 1.76. The summed E-state index contributed by atoms with van der Waals surface area (Å²) in [5.41, 5.74) is 1.16. The SMILES string of the molecule is CCOC(=O)N1CCC(N2CCN(c3ccc([N+](=O)[O-])cc3)CC2)CC1. The number of nitrogens with zero attached hydrogens (tertiary/aromatic N) is 4. The molecular formula is C18H26N4O4. The van der Waals surface area contributed by atoms with Gasteiger partial charge in [-0.1, -0.05) is 0 Å². The van der Waals surface area contributed by atoms with E-state index in [4.69, 9.17) is 4.74 Å². The van der Waals surface area contributed by atoms with Gasteiger partial charge < -0.3 is 14.5 Å². The average Bonchev–Trinajstić information content (AvgIpc) is 2.68. The maximum absolute atomic E-state index is 11.8. The number of hydrogen-bond donors (Lipinski definition) is 0. The Morgan fingerprint density at radius 2 is 1.73 bits per heavy atom. The highest BCUT2D eigenvalue weighted by Crippen LogP contribution is 2.23. The smallest absolute Gasteiger partial charge is 0.409 e. The van der Waals surface area contributed by atoms with Crippen LogP contribution in [0.2, 0.25) is 0 Å². The number of non-ortho nitro benzene ring substituents is 1. The van der Waals surface area contributed by atoms with Crippen molar-refractivity contribution in [1.82, 2.24) is 9.80 Å². The van der Waals surface area contributed by atoms with Gasteiger partial charge in [0.15, 0.2) is 0 Å². The van der Waals surface area contributed by atoms with E-state index in [1.807, 2.05) is 19.1 Å². The van der Waals surface area contributed by atoms with Crippen molar-refractivity contribution in [2.45, 2.75) is 25.8 Å². The van der Waals surface area contributed by atoms with Crippen LogP contribution in [-0.2, 0) is 4.74 Å². The Kier molecular flexibility index (Phi) is 5.92. The first kappa shape index (κ1) is 18.4. The van der Waals surface area contributed by atoms with Gasteiger partial charge in [0.1, 0.15) is 0 Å². The number of piperazine rings is 1. The van der Waals surface area contributed by atoms with Crippen LogP contribution in [0.15, 0.2) is 24.3 Å². The minimum atomic E-state index is -0.371. The fraction of sp³-hybridized carbons (Fsp3) is 0.611. The normalized spacial score (nSPS) is 19.4. The third kappa shape index (κ3) is 4.24. The number of likely N-dealkylation sites (tertiary alicyclic amines) is 1. The maximum atomic E-state index is 11.8. The van der Waals surface area contributed by atoms with Crippen LogP contribution in [0.3, 0.4) is 0 Å². The van der Waals surface area contributed by atoms with Crippen molar-refractivity contribution in [2.24, 2.45) is 0 Å². The number of piperidine rings is 1. The molecule has 0 spiro atoms. The molecule has 3 rings (SSSR count). The van der Waals surface area contributed by atoms with Crippen molar-refractivity contribution < 1.29 is 14.5 Å². The molecule has 1 aromatic rings. The van der Waals surface area contributed by atoms with E-state index in [0.717, 1.165) is 57.8 Å². The van der Waals surface area contributed by atoms with Crippen LogP contribution in [-0.4, -0.2) is 72.7 Å². The van der Waals surface area contributed by atoms with Crippen LogP contribution < -0.4 is 4.90 Å². The molecule has 0 N–H and O–H groups in total. The predicted octanol–water partition coefficient (Wildman–Crippen LogP) is 2.34. The minimum Gasteiger partial charge on any atom is -0.450 e. The maximum Gasteiger partial charge on any atom is 0.409 e. The second-order valence-electron chi connectivity index (χ2n) is 6.71. The summed E-state index contributed by atoms with van der Waals surface area (Å²) in [6, 6.07) is 7.29. The largest absolute Gasteiger partial charge is 0.450 e. The lowest BCUT2D eigenvalue weighted by atomic mass is 10.0. The van der Waals surface area contributed by atoms with Gasteiger partial charge in [0.05, 0.1) is 11.5 Å². The third-order valence-corrected chi connectivity index (χ3v) is 5.25. The molecule has 0 atom stereocenters. The monoisotopic (exact) mass is 362 g/mol. The number of ether oxygens (including phenoxy) is 1. The molecule has 2 aliphatic heterocycles. The lowest BCUT2D eigenvalue weighted by Crippen LogP contribution is -2.53. The molecule has 2 heterocycles. The number of anilines is 1. The van der Waals surface area contributed by atoms with Crippen molar-refractivity contribution in [3.05, 3.63) is 34.4 Å². The van der Waals surface area contributed by atoms with Gasteiger partial charge in [0.2, 0.25) is 0 Å². The average molecular weight is 362 g/mol. The van der Waals surface area contributed by atoms with Crippen LogP contribution in [0.5, 0.6) is 0 Å². The van der Waals surface area contributed by atoms with Crippen molar-refractivity contribution in [3.63, 3.8) is 0 Å². The molecule has 2 saturated heterocycles. The molecule has 2 fully saturated rings. The van der Waals surface area contributed by atoms with Crippen LogP contribution in [0.1, 0.15) is 19.8 Å². The van der Waals surface area contributed by atoms with Gasteiger partial charge in [-0.2, -0.15) is 0 Å². The van der Waals surface area contributed by atoms with Gasteiger partial charge in [-0.05, 0) is 31.9 Å². The summed E-state index contributed by atoms with van der Waals surface area (Å²) >= 11 is 0. The Morgan fingerprint density at radius 3 is 2.27 bits per heavy atom. The molecule has 0 aliphatic carbocycles. The molecule has 0 radical (unpaired) electrons. The van der Waals surface area contributed by atoms with Gasteiger partial charge in [0.25, 0.3) is 5.69 Å². The topological polar surface area (TPSA) is 79.2 Å². The fourth-order valence-electron chi connectivity index (χ4n) is 3.76. The van der Waals surface area contributed by atoms with Gasteiger partial charge in [-0.25, -0.2) is 4.79 Å². The van der Waals surface area contributed by atoms with Crippen molar-refractivity contribution in [3.8, 4) is 0 Å². The molecule has 8 nitrogen and oxygen atoms in total. The van der Waals surface area contributed by atoms with E-state index in [1.165, 1.54) is 0 Å². The molecular weight excluding hydrogens is 336 g/mol. The minimum absolute atomic E-state index is 0.126. The second kappa shape index (κ2) is 8.35. The van der Waals surface area contributed by atoms with E-state index < -0.39 is 0 Å². The van der Waals surface area contributed by atoms with E-state index in [0.29, 0.717) is 12.6 Å². The predicted molar refractivity (Wildman–Crippen MR) is 98.5 cm³/mol. The molecule has 0 saturated carbocycles. The van der Waals surface area contributed by atoms with E-state index >= 15 is 0 Å². The summed E-state index contributed by atoms with van der Waals surface area (Å²) in [7, 11) is 0. The highest BCUT2D eigenvalue weighted by atomic mass is 16.6. The quantitative estimate of drug-likeness (QED) is 0.604. The number of benzene rings is 1. The van der Waals surface area contributed by atoms with Crippen LogP contribution in [0, 0.1) is 10.1 Å². The molecule has 0 bridgehead atoms. The number of rotatable bonds is 4. The number of nitro groups is 1. The first-order chi connectivity index (χ1) is 12.6. The second-order valence-corrected chi connectivity index (χ2v) is 6.71. The highest BCUT2D eigenvalue weighted by molar-refractivity contribution is 5.67. The molecule has 2 aliphatic rings. The molecule has 8 heteroatoms. The summed E-state index contributed by atoms with van der Waals surface area (Å²) in [5, 5.41) is 10.8. The lowest BCUT2D eigenvalue weighted by molar-refractivity contribution is -0.384. The molecule has 1 amide bonds. The Balaban J connectivity index is 1.47. The molecule has 0 aromatic heterocycles. The van der Waals surface area contributed by atoms with Crippen LogP contribution >= 0.6 is 0 Å². The Labute approximate surface area is 153 Å². The zero-order valence-corrected chi connectivity index (χ0v) is 15.2. The number of nitro benzene ring substituents is 1. The summed E-state index contributed by atoms with van der Waals surface area (Å²) in [5.74, 6) is 0. The Bertz CT molecular complexity index is 621. The number of hydrogen-bond acceptors (Lipinski definition) is 6. The van der Waals surface area contributed by atoms with Crippen molar-refractivity contribution in [2.75, 3.05) is 50.8 Å². The summed E-state index contributed by atoms with van der Waals surface area (Å²) in [4.78, 5) is 28.8. The third-order valence-electron chi connectivity index (χ3n) is 5.25. The zero-order chi connectivity index (χ0) is 18.5. The molecule has 142 valence electrons. The van der Waals surface area contributed by atoms with Crippen molar-refractivity contribution in [1.29, 1.82) is 0 Å². The van der Waals surface area contributed by atoms with E-state index in [2.05, 4.69) is 9.80 Å².